The Morgan fingerprint density at radius 2 is 1.73 bits per heavy atom. The van der Waals surface area contributed by atoms with Gasteiger partial charge in [0.15, 0.2) is 0 Å². The molecule has 5 nitrogen and oxygen atoms in total. The smallest absolute Gasteiger partial charge is 0.383 e. The molecule has 2 heterocycles. The summed E-state index contributed by atoms with van der Waals surface area (Å²) in [5.74, 6) is 0.227. The van der Waals surface area contributed by atoms with Gasteiger partial charge >= 0.3 is 6.18 Å². The molecule has 1 aromatic carbocycles. The second-order valence-electron chi connectivity index (χ2n) is 4.66. The third kappa shape index (κ3) is 2.50. The molecule has 3 rings (SSSR count). The lowest BCUT2D eigenvalue weighted by molar-refractivity contribution is -0.137. The average Bonchev–Trinajstić information content (AvgIpc) is 2.45. The number of halogens is 3. The molecule has 0 spiro atoms. The van der Waals surface area contributed by atoms with Crippen LogP contribution in [-0.4, -0.2) is 15.0 Å². The number of hydrogen-bond donors (Lipinski definition) is 2. The van der Waals surface area contributed by atoms with Crippen LogP contribution in [0.3, 0.4) is 0 Å². The molecule has 0 saturated carbocycles. The molecule has 0 radical (unpaired) electrons. The first-order valence-corrected chi connectivity index (χ1v) is 6.20. The Labute approximate surface area is 122 Å². The summed E-state index contributed by atoms with van der Waals surface area (Å²) >= 11 is 0. The molecule has 0 aliphatic rings. The van der Waals surface area contributed by atoms with Crippen LogP contribution in [0.2, 0.25) is 0 Å². The molecule has 22 heavy (non-hydrogen) atoms. The zero-order valence-corrected chi connectivity index (χ0v) is 11.1. The molecule has 0 atom stereocenters. The molecule has 112 valence electrons. The quantitative estimate of drug-likeness (QED) is 0.721. The minimum Gasteiger partial charge on any atom is -0.383 e. The summed E-state index contributed by atoms with van der Waals surface area (Å²) in [6.07, 6.45) is -1.53. The van der Waals surface area contributed by atoms with Crippen molar-refractivity contribution < 1.29 is 13.2 Å². The number of benzene rings is 1. The first-order chi connectivity index (χ1) is 10.3. The third-order valence-electron chi connectivity index (χ3n) is 3.16. The van der Waals surface area contributed by atoms with Crippen molar-refractivity contribution in [3.8, 4) is 11.1 Å². The van der Waals surface area contributed by atoms with Crippen LogP contribution in [0.4, 0.5) is 24.9 Å². The van der Waals surface area contributed by atoms with Crippen molar-refractivity contribution in [2.45, 2.75) is 6.18 Å². The number of fused-ring (bicyclic) bond motifs is 1. The van der Waals surface area contributed by atoms with Gasteiger partial charge in [-0.1, -0.05) is 6.07 Å². The zero-order chi connectivity index (χ0) is 15.9. The molecule has 0 amide bonds. The van der Waals surface area contributed by atoms with Crippen LogP contribution in [0.25, 0.3) is 22.0 Å². The van der Waals surface area contributed by atoms with Crippen LogP contribution in [0.5, 0.6) is 0 Å². The number of pyridine rings is 1. The molecule has 0 fully saturated rings. The summed E-state index contributed by atoms with van der Waals surface area (Å²) in [4.78, 5) is 11.8. The molecule has 2 aromatic heterocycles. The van der Waals surface area contributed by atoms with E-state index in [0.717, 1.165) is 12.1 Å². The highest BCUT2D eigenvalue weighted by molar-refractivity contribution is 5.86. The Morgan fingerprint density at radius 3 is 2.41 bits per heavy atom. The molecule has 4 N–H and O–H groups in total. The fraction of sp³-hybridized carbons (Fsp3) is 0.0714. The number of nitrogen functional groups attached to an aromatic ring is 2. The highest BCUT2D eigenvalue weighted by atomic mass is 19.4. The van der Waals surface area contributed by atoms with E-state index in [1.54, 1.807) is 6.07 Å². The van der Waals surface area contributed by atoms with Gasteiger partial charge in [-0.15, -0.1) is 0 Å². The lowest BCUT2D eigenvalue weighted by atomic mass is 10.1. The van der Waals surface area contributed by atoms with Gasteiger partial charge in [0, 0.05) is 28.9 Å². The standard InChI is InChI=1S/C14H10F3N5/c15-14(16,17)9-2-1-7-3-8(5-20-11(7)4-9)10-6-21-13(19)22-12(10)18/h1-6H,(H4,18,19,21,22). The number of anilines is 2. The Kier molecular flexibility index (Phi) is 3.09. The Bertz CT molecular complexity index is 861. The number of rotatable bonds is 1. The summed E-state index contributed by atoms with van der Waals surface area (Å²) in [6.45, 7) is 0. The fourth-order valence-electron chi connectivity index (χ4n) is 2.08. The third-order valence-corrected chi connectivity index (χ3v) is 3.16. The van der Waals surface area contributed by atoms with Crippen LogP contribution in [-0.2, 0) is 6.18 Å². The van der Waals surface area contributed by atoms with Gasteiger partial charge in [0.2, 0.25) is 5.95 Å². The lowest BCUT2D eigenvalue weighted by Crippen LogP contribution is -2.04. The molecule has 0 saturated heterocycles. The van der Waals surface area contributed by atoms with Gasteiger partial charge in [0.25, 0.3) is 0 Å². The molecular formula is C14H10F3N5. The van der Waals surface area contributed by atoms with Crippen molar-refractivity contribution in [1.82, 2.24) is 15.0 Å². The van der Waals surface area contributed by atoms with Crippen molar-refractivity contribution in [2.24, 2.45) is 0 Å². The normalized spacial score (nSPS) is 11.8. The molecule has 3 aromatic rings. The molecule has 0 aliphatic heterocycles. The maximum atomic E-state index is 12.7. The minimum absolute atomic E-state index is 0.0461. The number of nitrogens with two attached hydrogens (primary N) is 2. The highest BCUT2D eigenvalue weighted by Gasteiger charge is 2.30. The summed E-state index contributed by atoms with van der Waals surface area (Å²) in [6, 6.07) is 5.05. The van der Waals surface area contributed by atoms with E-state index in [4.69, 9.17) is 11.5 Å². The van der Waals surface area contributed by atoms with Crippen molar-refractivity contribution >= 4 is 22.7 Å². The van der Waals surface area contributed by atoms with Crippen molar-refractivity contribution in [1.29, 1.82) is 0 Å². The molecule has 0 bridgehead atoms. The van der Waals surface area contributed by atoms with Gasteiger partial charge in [-0.05, 0) is 18.2 Å². The molecule has 0 unspecified atom stereocenters. The second kappa shape index (κ2) is 4.83. The average molecular weight is 305 g/mol. The lowest BCUT2D eigenvalue weighted by Gasteiger charge is -2.09. The number of alkyl halides is 3. The van der Waals surface area contributed by atoms with E-state index in [1.807, 2.05) is 0 Å². The number of aromatic nitrogens is 3. The number of nitrogens with zero attached hydrogens (tertiary/aromatic N) is 3. The van der Waals surface area contributed by atoms with Gasteiger partial charge in [0.05, 0.1) is 11.1 Å². The topological polar surface area (TPSA) is 90.7 Å². The maximum absolute atomic E-state index is 12.7. The molecule has 0 aliphatic carbocycles. The van der Waals surface area contributed by atoms with Crippen LogP contribution in [0, 0.1) is 0 Å². The summed E-state index contributed by atoms with van der Waals surface area (Å²) in [5.41, 5.74) is 11.8. The van der Waals surface area contributed by atoms with Crippen molar-refractivity contribution in [3.63, 3.8) is 0 Å². The van der Waals surface area contributed by atoms with Crippen LogP contribution in [0.1, 0.15) is 5.56 Å². The first kappa shape index (κ1) is 14.1. The van der Waals surface area contributed by atoms with Gasteiger partial charge in [0.1, 0.15) is 5.82 Å². The van der Waals surface area contributed by atoms with Crippen molar-refractivity contribution in [3.05, 3.63) is 42.2 Å². The molecular weight excluding hydrogens is 295 g/mol. The Hall–Kier alpha value is -2.90. The van der Waals surface area contributed by atoms with Gasteiger partial charge in [-0.25, -0.2) is 4.98 Å². The first-order valence-electron chi connectivity index (χ1n) is 6.20. The zero-order valence-electron chi connectivity index (χ0n) is 11.1. The number of hydrogen-bond acceptors (Lipinski definition) is 5. The van der Waals surface area contributed by atoms with E-state index in [2.05, 4.69) is 15.0 Å². The van der Waals surface area contributed by atoms with Gasteiger partial charge in [-0.3, -0.25) is 4.98 Å². The van der Waals surface area contributed by atoms with E-state index in [-0.39, 0.29) is 17.3 Å². The van der Waals surface area contributed by atoms with Gasteiger partial charge < -0.3 is 11.5 Å². The van der Waals surface area contributed by atoms with Gasteiger partial charge in [-0.2, -0.15) is 18.2 Å². The van der Waals surface area contributed by atoms with Crippen molar-refractivity contribution in [2.75, 3.05) is 11.5 Å². The highest BCUT2D eigenvalue weighted by Crippen LogP contribution is 2.32. The predicted molar refractivity (Wildman–Crippen MR) is 76.6 cm³/mol. The largest absolute Gasteiger partial charge is 0.416 e. The maximum Gasteiger partial charge on any atom is 0.416 e. The summed E-state index contributed by atoms with van der Waals surface area (Å²) in [7, 11) is 0. The predicted octanol–water partition coefficient (Wildman–Crippen LogP) is 2.88. The van der Waals surface area contributed by atoms with E-state index < -0.39 is 11.7 Å². The van der Waals surface area contributed by atoms with Crippen LogP contribution >= 0.6 is 0 Å². The second-order valence-corrected chi connectivity index (χ2v) is 4.66. The fourth-order valence-corrected chi connectivity index (χ4v) is 2.08. The Morgan fingerprint density at radius 1 is 0.955 bits per heavy atom. The van der Waals surface area contributed by atoms with E-state index >= 15 is 0 Å². The van der Waals surface area contributed by atoms with Crippen LogP contribution in [0.15, 0.2) is 36.7 Å². The Balaban J connectivity index is 2.11. The summed E-state index contributed by atoms with van der Waals surface area (Å²) < 4.78 is 38.0. The molecule has 8 heteroatoms. The monoisotopic (exact) mass is 305 g/mol. The SMILES string of the molecule is Nc1ncc(-c2cnc3cc(C(F)(F)F)ccc3c2)c(N)n1. The van der Waals surface area contributed by atoms with E-state index in [0.29, 0.717) is 16.5 Å². The summed E-state index contributed by atoms with van der Waals surface area (Å²) in [5, 5.41) is 0.557. The van der Waals surface area contributed by atoms with E-state index in [1.165, 1.54) is 18.5 Å². The minimum atomic E-state index is -4.40. The van der Waals surface area contributed by atoms with E-state index in [9.17, 15) is 13.2 Å². The van der Waals surface area contributed by atoms with Crippen LogP contribution < -0.4 is 11.5 Å².